The molecule has 0 unspecified atom stereocenters. The van der Waals surface area contributed by atoms with Crippen LogP contribution in [0.4, 0.5) is 0 Å². The Balaban J connectivity index is 1.68. The molecule has 1 atom stereocenters. The highest BCUT2D eigenvalue weighted by Gasteiger charge is 2.29. The van der Waals surface area contributed by atoms with E-state index in [9.17, 15) is 4.79 Å². The lowest BCUT2D eigenvalue weighted by Crippen LogP contribution is -2.31. The van der Waals surface area contributed by atoms with Crippen LogP contribution >= 0.6 is 11.6 Å². The van der Waals surface area contributed by atoms with Gasteiger partial charge in [-0.2, -0.15) is 0 Å². The zero-order valence-electron chi connectivity index (χ0n) is 12.7. The number of benzene rings is 1. The molecule has 120 valence electrons. The van der Waals surface area contributed by atoms with Crippen LogP contribution in [-0.4, -0.2) is 42.1 Å². The van der Waals surface area contributed by atoms with Crippen LogP contribution in [0.5, 0.6) is 11.5 Å². The van der Waals surface area contributed by atoms with Crippen molar-refractivity contribution in [3.8, 4) is 11.5 Å². The van der Waals surface area contributed by atoms with E-state index >= 15 is 0 Å². The molecule has 2 heterocycles. The van der Waals surface area contributed by atoms with E-state index in [4.69, 9.17) is 21.1 Å². The third kappa shape index (κ3) is 3.40. The number of likely N-dealkylation sites (tertiary alicyclic amines) is 1. The minimum atomic E-state index is -0.0754. The molecule has 1 saturated heterocycles. The number of carbonyl (C=O) groups excluding carboxylic acids is 1. The fourth-order valence-corrected chi connectivity index (χ4v) is 2.80. The van der Waals surface area contributed by atoms with E-state index in [0.29, 0.717) is 35.2 Å². The molecule has 0 radical (unpaired) electrons. The number of para-hydroxylation sites is 1. The van der Waals surface area contributed by atoms with Crippen molar-refractivity contribution in [1.29, 1.82) is 0 Å². The van der Waals surface area contributed by atoms with Gasteiger partial charge in [0.2, 0.25) is 0 Å². The summed E-state index contributed by atoms with van der Waals surface area (Å²) in [6.45, 7) is 1.17. The van der Waals surface area contributed by atoms with Crippen LogP contribution in [-0.2, 0) is 0 Å². The van der Waals surface area contributed by atoms with Gasteiger partial charge in [-0.25, -0.2) is 0 Å². The SMILES string of the molecule is COc1ccccc1C(=O)N1CC[C@@H](Oc2ccncc2Cl)C1. The summed E-state index contributed by atoms with van der Waals surface area (Å²) in [4.78, 5) is 18.4. The van der Waals surface area contributed by atoms with Crippen molar-refractivity contribution in [2.24, 2.45) is 0 Å². The monoisotopic (exact) mass is 332 g/mol. The van der Waals surface area contributed by atoms with Crippen LogP contribution < -0.4 is 9.47 Å². The smallest absolute Gasteiger partial charge is 0.257 e. The first-order chi connectivity index (χ1) is 11.2. The second-order valence-electron chi connectivity index (χ2n) is 5.29. The van der Waals surface area contributed by atoms with Crippen molar-refractivity contribution in [2.45, 2.75) is 12.5 Å². The first-order valence-electron chi connectivity index (χ1n) is 7.37. The maximum Gasteiger partial charge on any atom is 0.257 e. The number of aromatic nitrogens is 1. The Hall–Kier alpha value is -2.27. The molecule has 1 aromatic heterocycles. The maximum absolute atomic E-state index is 12.6. The molecule has 1 aliphatic rings. The van der Waals surface area contributed by atoms with Crippen molar-refractivity contribution in [2.75, 3.05) is 20.2 Å². The number of hydrogen-bond donors (Lipinski definition) is 0. The topological polar surface area (TPSA) is 51.7 Å². The van der Waals surface area contributed by atoms with Gasteiger partial charge in [0.1, 0.15) is 22.6 Å². The van der Waals surface area contributed by atoms with E-state index < -0.39 is 0 Å². The maximum atomic E-state index is 12.6. The molecule has 23 heavy (non-hydrogen) atoms. The lowest BCUT2D eigenvalue weighted by atomic mass is 10.2. The third-order valence-corrected chi connectivity index (χ3v) is 4.08. The molecule has 0 bridgehead atoms. The summed E-state index contributed by atoms with van der Waals surface area (Å²) in [6, 6.07) is 8.96. The van der Waals surface area contributed by atoms with Gasteiger partial charge in [0.15, 0.2) is 0 Å². The summed E-state index contributed by atoms with van der Waals surface area (Å²) < 4.78 is 11.1. The summed E-state index contributed by atoms with van der Waals surface area (Å²) in [6.07, 6.45) is 3.87. The fourth-order valence-electron chi connectivity index (χ4n) is 2.64. The highest BCUT2D eigenvalue weighted by Crippen LogP contribution is 2.27. The number of halogens is 1. The Bertz CT molecular complexity index is 708. The van der Waals surface area contributed by atoms with Crippen molar-refractivity contribution in [3.05, 3.63) is 53.3 Å². The summed E-state index contributed by atoms with van der Waals surface area (Å²) in [5, 5.41) is 0.474. The number of carbonyl (C=O) groups is 1. The largest absolute Gasteiger partial charge is 0.496 e. The van der Waals surface area contributed by atoms with Crippen molar-refractivity contribution in [1.82, 2.24) is 9.88 Å². The van der Waals surface area contributed by atoms with Crippen molar-refractivity contribution < 1.29 is 14.3 Å². The number of ether oxygens (including phenoxy) is 2. The second-order valence-corrected chi connectivity index (χ2v) is 5.69. The zero-order chi connectivity index (χ0) is 16.2. The number of pyridine rings is 1. The molecule has 0 saturated carbocycles. The minimum absolute atomic E-state index is 0.0469. The predicted octanol–water partition coefficient (Wildman–Crippen LogP) is 3.04. The predicted molar refractivity (Wildman–Crippen MR) is 87.2 cm³/mol. The van der Waals surface area contributed by atoms with E-state index in [2.05, 4.69) is 4.98 Å². The number of methoxy groups -OCH3 is 1. The molecule has 1 aliphatic heterocycles. The molecular weight excluding hydrogens is 316 g/mol. The van der Waals surface area contributed by atoms with Gasteiger partial charge in [0.25, 0.3) is 5.91 Å². The molecule has 0 aliphatic carbocycles. The van der Waals surface area contributed by atoms with Crippen LogP contribution in [0.1, 0.15) is 16.8 Å². The fraction of sp³-hybridized carbons (Fsp3) is 0.294. The summed E-state index contributed by atoms with van der Waals surface area (Å²) in [7, 11) is 1.56. The molecule has 5 nitrogen and oxygen atoms in total. The van der Waals surface area contributed by atoms with Gasteiger partial charge in [-0.1, -0.05) is 23.7 Å². The summed E-state index contributed by atoms with van der Waals surface area (Å²) in [5.74, 6) is 1.13. The lowest BCUT2D eigenvalue weighted by molar-refractivity contribution is 0.0769. The molecular formula is C17H17ClN2O3. The molecule has 1 aromatic carbocycles. The highest BCUT2D eigenvalue weighted by molar-refractivity contribution is 6.31. The van der Waals surface area contributed by atoms with Gasteiger partial charge >= 0.3 is 0 Å². The molecule has 0 spiro atoms. The van der Waals surface area contributed by atoms with Crippen LogP contribution in [0.3, 0.4) is 0 Å². The standard InChI is InChI=1S/C17H17ClN2O3/c1-22-15-5-3-2-4-13(15)17(21)20-9-7-12(11-20)23-16-6-8-19-10-14(16)18/h2-6,8,10,12H,7,9,11H2,1H3/t12-/m1/s1. The van der Waals surface area contributed by atoms with Crippen molar-refractivity contribution in [3.63, 3.8) is 0 Å². The summed E-state index contributed by atoms with van der Waals surface area (Å²) in [5.41, 5.74) is 0.567. The van der Waals surface area contributed by atoms with Gasteiger partial charge in [-0.15, -0.1) is 0 Å². The molecule has 0 N–H and O–H groups in total. The van der Waals surface area contributed by atoms with Crippen molar-refractivity contribution >= 4 is 17.5 Å². The van der Waals surface area contributed by atoms with Gasteiger partial charge in [-0.3, -0.25) is 9.78 Å². The normalized spacial score (nSPS) is 17.1. The van der Waals surface area contributed by atoms with E-state index in [1.54, 1.807) is 42.6 Å². The Morgan fingerprint density at radius 2 is 2.13 bits per heavy atom. The number of amides is 1. The quantitative estimate of drug-likeness (QED) is 0.863. The summed E-state index contributed by atoms with van der Waals surface area (Å²) >= 11 is 6.05. The third-order valence-electron chi connectivity index (χ3n) is 3.80. The van der Waals surface area contributed by atoms with E-state index in [1.165, 1.54) is 0 Å². The van der Waals surface area contributed by atoms with E-state index in [-0.39, 0.29) is 12.0 Å². The molecule has 2 aromatic rings. The minimum Gasteiger partial charge on any atom is -0.496 e. The van der Waals surface area contributed by atoms with Gasteiger partial charge in [0, 0.05) is 31.4 Å². The van der Waals surface area contributed by atoms with Crippen LogP contribution in [0, 0.1) is 0 Å². The second kappa shape index (κ2) is 6.87. The van der Waals surface area contributed by atoms with E-state index in [0.717, 1.165) is 6.42 Å². The number of rotatable bonds is 4. The van der Waals surface area contributed by atoms with Crippen LogP contribution in [0.2, 0.25) is 5.02 Å². The van der Waals surface area contributed by atoms with Gasteiger partial charge in [-0.05, 0) is 12.1 Å². The highest BCUT2D eigenvalue weighted by atomic mass is 35.5. The van der Waals surface area contributed by atoms with Crippen LogP contribution in [0.15, 0.2) is 42.7 Å². The first-order valence-corrected chi connectivity index (χ1v) is 7.75. The Morgan fingerprint density at radius 3 is 2.91 bits per heavy atom. The van der Waals surface area contributed by atoms with Crippen LogP contribution in [0.25, 0.3) is 0 Å². The average molecular weight is 333 g/mol. The van der Waals surface area contributed by atoms with Gasteiger partial charge in [0.05, 0.1) is 19.2 Å². The first kappa shape index (κ1) is 15.6. The van der Waals surface area contributed by atoms with E-state index in [1.807, 2.05) is 12.1 Å². The number of nitrogens with zero attached hydrogens (tertiary/aromatic N) is 2. The molecule has 6 heteroatoms. The Morgan fingerprint density at radius 1 is 1.30 bits per heavy atom. The average Bonchev–Trinajstić information content (AvgIpc) is 3.05. The molecule has 1 amide bonds. The Kier molecular flexibility index (Phi) is 4.67. The zero-order valence-corrected chi connectivity index (χ0v) is 13.5. The lowest BCUT2D eigenvalue weighted by Gasteiger charge is -2.18. The number of hydrogen-bond acceptors (Lipinski definition) is 4. The molecule has 1 fully saturated rings. The van der Waals surface area contributed by atoms with Gasteiger partial charge < -0.3 is 14.4 Å². The molecule has 3 rings (SSSR count). The Labute approximate surface area is 139 Å².